The van der Waals surface area contributed by atoms with E-state index in [1.54, 1.807) is 37.5 Å². The number of hydrazone groups is 1. The molecule has 0 aliphatic rings. The van der Waals surface area contributed by atoms with E-state index in [1.165, 1.54) is 6.21 Å². The molecule has 1 aromatic rings. The number of benzene rings is 1. The first kappa shape index (κ1) is 12.0. The highest BCUT2D eigenvalue weighted by atomic mass is 16.5. The van der Waals surface area contributed by atoms with Crippen LogP contribution in [0.25, 0.3) is 0 Å². The molecule has 0 spiro atoms. The van der Waals surface area contributed by atoms with E-state index < -0.39 is 0 Å². The molecule has 0 aromatic heterocycles. The lowest BCUT2D eigenvalue weighted by molar-refractivity contribution is 0.0955. The summed E-state index contributed by atoms with van der Waals surface area (Å²) < 4.78 is 4.99. The van der Waals surface area contributed by atoms with Gasteiger partial charge in [-0.15, -0.1) is 0 Å². The molecule has 0 atom stereocenters. The minimum atomic E-state index is -0.247. The van der Waals surface area contributed by atoms with Crippen LogP contribution in [0.2, 0.25) is 0 Å². The minimum Gasteiger partial charge on any atom is -0.497 e. The van der Waals surface area contributed by atoms with E-state index in [2.05, 4.69) is 10.5 Å². The first-order valence-electron chi connectivity index (χ1n) is 4.86. The molecule has 0 fully saturated rings. The molecule has 4 nitrogen and oxygen atoms in total. The normalized spacial score (nSPS) is 10.9. The number of rotatable bonds is 4. The van der Waals surface area contributed by atoms with Gasteiger partial charge in [0.1, 0.15) is 5.75 Å². The Kier molecular flexibility index (Phi) is 4.79. The van der Waals surface area contributed by atoms with E-state index in [9.17, 15) is 4.79 Å². The maximum absolute atomic E-state index is 11.5. The van der Waals surface area contributed by atoms with Crippen molar-refractivity contribution in [2.45, 2.75) is 6.92 Å². The van der Waals surface area contributed by atoms with Crippen LogP contribution in [-0.2, 0) is 0 Å². The van der Waals surface area contributed by atoms with Crippen molar-refractivity contribution in [3.8, 4) is 5.75 Å². The Labute approximate surface area is 94.6 Å². The standard InChI is InChI=1S/C12H14N2O2/c1-3-4-9-13-14-12(15)10-5-7-11(16-2)8-6-10/h3-9H,1-2H3,(H,14,15). The van der Waals surface area contributed by atoms with Gasteiger partial charge in [0.25, 0.3) is 5.91 Å². The summed E-state index contributed by atoms with van der Waals surface area (Å²) >= 11 is 0. The number of allylic oxidation sites excluding steroid dienone is 2. The molecule has 1 aromatic carbocycles. The molecule has 0 heterocycles. The molecule has 0 radical (unpaired) electrons. The van der Waals surface area contributed by atoms with Gasteiger partial charge >= 0.3 is 0 Å². The number of carbonyl (C=O) groups is 1. The third-order valence-corrected chi connectivity index (χ3v) is 1.87. The number of hydrogen-bond donors (Lipinski definition) is 1. The van der Waals surface area contributed by atoms with Crippen LogP contribution in [0.4, 0.5) is 0 Å². The van der Waals surface area contributed by atoms with Gasteiger partial charge in [-0.2, -0.15) is 5.10 Å². The van der Waals surface area contributed by atoms with Gasteiger partial charge in [0.15, 0.2) is 0 Å². The van der Waals surface area contributed by atoms with Crippen LogP contribution in [0.1, 0.15) is 17.3 Å². The van der Waals surface area contributed by atoms with Crippen LogP contribution < -0.4 is 10.2 Å². The molecule has 1 N–H and O–H groups in total. The van der Waals surface area contributed by atoms with Crippen molar-refractivity contribution >= 4 is 12.1 Å². The zero-order valence-electron chi connectivity index (χ0n) is 9.31. The summed E-state index contributed by atoms with van der Waals surface area (Å²) in [5, 5.41) is 3.74. The average Bonchev–Trinajstić information content (AvgIpc) is 2.34. The lowest BCUT2D eigenvalue weighted by atomic mass is 10.2. The topological polar surface area (TPSA) is 50.7 Å². The Morgan fingerprint density at radius 1 is 1.38 bits per heavy atom. The maximum Gasteiger partial charge on any atom is 0.271 e. The van der Waals surface area contributed by atoms with E-state index in [0.29, 0.717) is 11.3 Å². The number of amides is 1. The van der Waals surface area contributed by atoms with Crippen molar-refractivity contribution in [1.29, 1.82) is 0 Å². The first-order valence-corrected chi connectivity index (χ1v) is 4.86. The summed E-state index contributed by atoms with van der Waals surface area (Å²) in [6, 6.07) is 6.81. The molecule has 1 rings (SSSR count). The van der Waals surface area contributed by atoms with E-state index >= 15 is 0 Å². The smallest absolute Gasteiger partial charge is 0.271 e. The number of carbonyl (C=O) groups excluding carboxylic acids is 1. The fourth-order valence-electron chi connectivity index (χ4n) is 1.03. The van der Waals surface area contributed by atoms with Gasteiger partial charge in [-0.3, -0.25) is 4.79 Å². The fraction of sp³-hybridized carbons (Fsp3) is 0.167. The van der Waals surface area contributed by atoms with Gasteiger partial charge in [0.05, 0.1) is 7.11 Å². The third kappa shape index (κ3) is 3.57. The molecule has 84 valence electrons. The maximum atomic E-state index is 11.5. The Bertz CT molecular complexity index is 394. The molecular weight excluding hydrogens is 204 g/mol. The number of hydrogen-bond acceptors (Lipinski definition) is 3. The highest BCUT2D eigenvalue weighted by molar-refractivity contribution is 5.94. The van der Waals surface area contributed by atoms with Crippen molar-refractivity contribution in [2.75, 3.05) is 7.11 Å². The van der Waals surface area contributed by atoms with E-state index in [4.69, 9.17) is 4.74 Å². The van der Waals surface area contributed by atoms with E-state index in [0.717, 1.165) is 0 Å². The quantitative estimate of drug-likeness (QED) is 0.620. The average molecular weight is 218 g/mol. The van der Waals surface area contributed by atoms with Gasteiger partial charge in [-0.25, -0.2) is 5.43 Å². The summed E-state index contributed by atoms with van der Waals surface area (Å²) in [5.41, 5.74) is 2.95. The Balaban J connectivity index is 2.59. The molecule has 0 aliphatic carbocycles. The second-order valence-corrected chi connectivity index (χ2v) is 2.97. The van der Waals surface area contributed by atoms with Crippen LogP contribution in [0, 0.1) is 0 Å². The summed E-state index contributed by atoms with van der Waals surface area (Å²) in [6.45, 7) is 1.87. The monoisotopic (exact) mass is 218 g/mol. The summed E-state index contributed by atoms with van der Waals surface area (Å²) in [7, 11) is 1.58. The highest BCUT2D eigenvalue weighted by Gasteiger charge is 2.03. The first-order chi connectivity index (χ1) is 7.77. The number of methoxy groups -OCH3 is 1. The molecule has 0 saturated carbocycles. The molecule has 0 saturated heterocycles. The number of ether oxygens (including phenoxy) is 1. The third-order valence-electron chi connectivity index (χ3n) is 1.87. The Morgan fingerprint density at radius 3 is 2.62 bits per heavy atom. The minimum absolute atomic E-state index is 0.247. The predicted molar refractivity (Wildman–Crippen MR) is 63.8 cm³/mol. The van der Waals surface area contributed by atoms with Crippen LogP contribution >= 0.6 is 0 Å². The van der Waals surface area contributed by atoms with Crippen molar-refractivity contribution < 1.29 is 9.53 Å². The van der Waals surface area contributed by atoms with Crippen molar-refractivity contribution in [3.63, 3.8) is 0 Å². The lowest BCUT2D eigenvalue weighted by Crippen LogP contribution is -2.17. The van der Waals surface area contributed by atoms with Crippen molar-refractivity contribution in [1.82, 2.24) is 5.43 Å². The molecule has 0 unspecified atom stereocenters. The number of nitrogens with one attached hydrogen (secondary N) is 1. The molecule has 1 amide bonds. The summed E-state index contributed by atoms with van der Waals surface area (Å²) in [4.78, 5) is 11.5. The van der Waals surface area contributed by atoms with Gasteiger partial charge < -0.3 is 4.74 Å². The van der Waals surface area contributed by atoms with Crippen LogP contribution in [0.5, 0.6) is 5.75 Å². The van der Waals surface area contributed by atoms with Gasteiger partial charge in [-0.05, 0) is 37.3 Å². The molecule has 0 bridgehead atoms. The zero-order valence-corrected chi connectivity index (χ0v) is 9.31. The molecule has 4 heteroatoms. The van der Waals surface area contributed by atoms with E-state index in [1.807, 2.05) is 13.0 Å². The predicted octanol–water partition coefficient (Wildman–Crippen LogP) is 1.99. The lowest BCUT2D eigenvalue weighted by Gasteiger charge is -2.01. The zero-order chi connectivity index (χ0) is 11.8. The van der Waals surface area contributed by atoms with Crippen molar-refractivity contribution in [3.05, 3.63) is 42.0 Å². The Morgan fingerprint density at radius 2 is 2.06 bits per heavy atom. The van der Waals surface area contributed by atoms with Crippen LogP contribution in [0.15, 0.2) is 41.5 Å². The van der Waals surface area contributed by atoms with Crippen LogP contribution in [0.3, 0.4) is 0 Å². The molecular formula is C12H14N2O2. The Hall–Kier alpha value is -2.10. The largest absolute Gasteiger partial charge is 0.497 e. The fourth-order valence-corrected chi connectivity index (χ4v) is 1.03. The van der Waals surface area contributed by atoms with Crippen molar-refractivity contribution in [2.24, 2.45) is 5.10 Å². The highest BCUT2D eigenvalue weighted by Crippen LogP contribution is 2.10. The number of nitrogens with zero attached hydrogens (tertiary/aromatic N) is 1. The van der Waals surface area contributed by atoms with Gasteiger partial charge in [0.2, 0.25) is 0 Å². The SMILES string of the molecule is CC=CC=NNC(=O)c1ccc(OC)cc1. The van der Waals surface area contributed by atoms with Gasteiger partial charge in [-0.1, -0.05) is 6.08 Å². The second kappa shape index (κ2) is 6.40. The van der Waals surface area contributed by atoms with E-state index in [-0.39, 0.29) is 5.91 Å². The van der Waals surface area contributed by atoms with Gasteiger partial charge in [0, 0.05) is 11.8 Å². The summed E-state index contributed by atoms with van der Waals surface area (Å²) in [6.07, 6.45) is 5.07. The second-order valence-electron chi connectivity index (χ2n) is 2.97. The summed E-state index contributed by atoms with van der Waals surface area (Å²) in [5.74, 6) is 0.470. The van der Waals surface area contributed by atoms with Crippen LogP contribution in [-0.4, -0.2) is 19.2 Å². The molecule has 0 aliphatic heterocycles. The molecule has 16 heavy (non-hydrogen) atoms.